The maximum atomic E-state index is 11.7. The average molecular weight is 223 g/mol. The number of carbonyl (C=O) groups excluding carboxylic acids is 1. The number of hydrogen-bond donors (Lipinski definition) is 1. The van der Waals surface area contributed by atoms with E-state index >= 15 is 0 Å². The molecule has 0 spiro atoms. The summed E-state index contributed by atoms with van der Waals surface area (Å²) in [5.41, 5.74) is 0.340. The van der Waals surface area contributed by atoms with Crippen molar-refractivity contribution in [3.05, 3.63) is 22.4 Å². The van der Waals surface area contributed by atoms with Crippen LogP contribution in [0.5, 0.6) is 0 Å². The SMILES string of the molecule is CC1(CNC(=O)c2cccs2)CCCC1. The molecule has 2 nitrogen and oxygen atoms in total. The Kier molecular flexibility index (Phi) is 3.10. The topological polar surface area (TPSA) is 29.1 Å². The molecule has 1 fully saturated rings. The van der Waals surface area contributed by atoms with Gasteiger partial charge in [0.2, 0.25) is 0 Å². The van der Waals surface area contributed by atoms with Crippen molar-refractivity contribution in [3.63, 3.8) is 0 Å². The fraction of sp³-hybridized carbons (Fsp3) is 0.583. The summed E-state index contributed by atoms with van der Waals surface area (Å²) in [5, 5.41) is 4.98. The summed E-state index contributed by atoms with van der Waals surface area (Å²) in [7, 11) is 0. The Morgan fingerprint density at radius 2 is 2.27 bits per heavy atom. The number of amides is 1. The van der Waals surface area contributed by atoms with Gasteiger partial charge in [-0.1, -0.05) is 25.8 Å². The van der Waals surface area contributed by atoms with E-state index < -0.39 is 0 Å². The van der Waals surface area contributed by atoms with Crippen LogP contribution >= 0.6 is 11.3 Å². The third kappa shape index (κ3) is 2.59. The van der Waals surface area contributed by atoms with E-state index in [1.165, 1.54) is 37.0 Å². The van der Waals surface area contributed by atoms with Crippen molar-refractivity contribution in [3.8, 4) is 0 Å². The zero-order valence-electron chi connectivity index (χ0n) is 9.08. The standard InChI is InChI=1S/C12H17NOS/c1-12(6-2-3-7-12)9-13-11(14)10-5-4-8-15-10/h4-5,8H,2-3,6-7,9H2,1H3,(H,13,14). The highest BCUT2D eigenvalue weighted by Gasteiger charge is 2.28. The fourth-order valence-electron chi connectivity index (χ4n) is 2.19. The predicted octanol–water partition coefficient (Wildman–Crippen LogP) is 3.06. The Balaban J connectivity index is 1.85. The Morgan fingerprint density at radius 3 is 2.87 bits per heavy atom. The molecule has 0 radical (unpaired) electrons. The molecule has 1 aromatic rings. The van der Waals surface area contributed by atoms with Gasteiger partial charge in [-0.25, -0.2) is 0 Å². The van der Waals surface area contributed by atoms with Gasteiger partial charge < -0.3 is 5.32 Å². The Bertz CT molecular complexity index is 325. The van der Waals surface area contributed by atoms with E-state index in [-0.39, 0.29) is 5.91 Å². The van der Waals surface area contributed by atoms with Gasteiger partial charge in [-0.15, -0.1) is 11.3 Å². The maximum absolute atomic E-state index is 11.7. The number of nitrogens with one attached hydrogen (secondary N) is 1. The predicted molar refractivity (Wildman–Crippen MR) is 63.2 cm³/mol. The first kappa shape index (κ1) is 10.7. The number of carbonyl (C=O) groups is 1. The second-order valence-electron chi connectivity index (χ2n) is 4.68. The van der Waals surface area contributed by atoms with Crippen LogP contribution in [-0.2, 0) is 0 Å². The van der Waals surface area contributed by atoms with Crippen molar-refractivity contribution in [2.45, 2.75) is 32.6 Å². The van der Waals surface area contributed by atoms with Crippen molar-refractivity contribution in [2.75, 3.05) is 6.54 Å². The largest absolute Gasteiger partial charge is 0.351 e. The minimum atomic E-state index is 0.0816. The van der Waals surface area contributed by atoms with Crippen LogP contribution in [0.25, 0.3) is 0 Å². The molecular weight excluding hydrogens is 206 g/mol. The monoisotopic (exact) mass is 223 g/mol. The van der Waals surface area contributed by atoms with E-state index in [4.69, 9.17) is 0 Å². The molecule has 1 aliphatic rings. The van der Waals surface area contributed by atoms with E-state index in [0.29, 0.717) is 5.41 Å². The smallest absolute Gasteiger partial charge is 0.261 e. The van der Waals surface area contributed by atoms with Gasteiger partial charge in [0.1, 0.15) is 0 Å². The van der Waals surface area contributed by atoms with Crippen LogP contribution in [0.3, 0.4) is 0 Å². The minimum absolute atomic E-state index is 0.0816. The van der Waals surface area contributed by atoms with E-state index in [1.807, 2.05) is 17.5 Å². The van der Waals surface area contributed by atoms with Gasteiger partial charge in [0.15, 0.2) is 0 Å². The Morgan fingerprint density at radius 1 is 1.53 bits per heavy atom. The summed E-state index contributed by atoms with van der Waals surface area (Å²) < 4.78 is 0. The first-order chi connectivity index (χ1) is 7.20. The lowest BCUT2D eigenvalue weighted by Crippen LogP contribution is -2.33. The minimum Gasteiger partial charge on any atom is -0.351 e. The van der Waals surface area contributed by atoms with Crippen LogP contribution in [0.4, 0.5) is 0 Å². The normalized spacial score (nSPS) is 19.0. The van der Waals surface area contributed by atoms with Gasteiger partial charge in [0.05, 0.1) is 4.88 Å². The first-order valence-corrected chi connectivity index (χ1v) is 6.39. The van der Waals surface area contributed by atoms with Gasteiger partial charge in [-0.05, 0) is 29.7 Å². The highest BCUT2D eigenvalue weighted by molar-refractivity contribution is 7.12. The molecule has 0 unspecified atom stereocenters. The van der Waals surface area contributed by atoms with E-state index in [0.717, 1.165) is 11.4 Å². The summed E-state index contributed by atoms with van der Waals surface area (Å²) in [6, 6.07) is 3.79. The molecule has 0 atom stereocenters. The van der Waals surface area contributed by atoms with Gasteiger partial charge >= 0.3 is 0 Å². The van der Waals surface area contributed by atoms with Crippen molar-refractivity contribution >= 4 is 17.2 Å². The molecule has 15 heavy (non-hydrogen) atoms. The van der Waals surface area contributed by atoms with Gasteiger partial charge in [-0.3, -0.25) is 4.79 Å². The first-order valence-electron chi connectivity index (χ1n) is 5.51. The number of thiophene rings is 1. The lowest BCUT2D eigenvalue weighted by Gasteiger charge is -2.23. The van der Waals surface area contributed by atoms with Crippen LogP contribution in [0, 0.1) is 5.41 Å². The summed E-state index contributed by atoms with van der Waals surface area (Å²) >= 11 is 1.50. The third-order valence-corrected chi connectivity index (χ3v) is 4.10. The van der Waals surface area contributed by atoms with Crippen molar-refractivity contribution in [1.82, 2.24) is 5.32 Å². The molecule has 1 heterocycles. The summed E-state index contributed by atoms with van der Waals surface area (Å²) in [6.45, 7) is 3.10. The molecule has 0 aromatic carbocycles. The van der Waals surface area contributed by atoms with E-state index in [9.17, 15) is 4.79 Å². The molecule has 2 rings (SSSR count). The summed E-state index contributed by atoms with van der Waals surface area (Å²) in [6.07, 6.45) is 5.12. The van der Waals surface area contributed by atoms with Crippen molar-refractivity contribution in [2.24, 2.45) is 5.41 Å². The number of hydrogen-bond acceptors (Lipinski definition) is 2. The molecule has 82 valence electrons. The molecule has 1 saturated carbocycles. The van der Waals surface area contributed by atoms with Crippen LogP contribution in [-0.4, -0.2) is 12.5 Å². The van der Waals surface area contributed by atoms with Crippen molar-refractivity contribution in [1.29, 1.82) is 0 Å². The van der Waals surface area contributed by atoms with Crippen molar-refractivity contribution < 1.29 is 4.79 Å². The lowest BCUT2D eigenvalue weighted by atomic mass is 9.89. The molecule has 1 aliphatic carbocycles. The van der Waals surface area contributed by atoms with Gasteiger partial charge in [-0.2, -0.15) is 0 Å². The van der Waals surface area contributed by atoms with Crippen LogP contribution in [0.15, 0.2) is 17.5 Å². The molecule has 0 aliphatic heterocycles. The molecule has 3 heteroatoms. The van der Waals surface area contributed by atoms with Gasteiger partial charge in [0, 0.05) is 6.54 Å². The lowest BCUT2D eigenvalue weighted by molar-refractivity contribution is 0.0938. The second-order valence-corrected chi connectivity index (χ2v) is 5.63. The molecule has 1 amide bonds. The highest BCUT2D eigenvalue weighted by Crippen LogP contribution is 2.36. The maximum Gasteiger partial charge on any atom is 0.261 e. The summed E-state index contributed by atoms with van der Waals surface area (Å²) in [5.74, 6) is 0.0816. The second kappa shape index (κ2) is 4.35. The molecular formula is C12H17NOS. The third-order valence-electron chi connectivity index (χ3n) is 3.23. The van der Waals surface area contributed by atoms with E-state index in [2.05, 4.69) is 12.2 Å². The van der Waals surface area contributed by atoms with Gasteiger partial charge in [0.25, 0.3) is 5.91 Å². The quantitative estimate of drug-likeness (QED) is 0.838. The highest BCUT2D eigenvalue weighted by atomic mass is 32.1. The zero-order chi connectivity index (χ0) is 10.7. The molecule has 1 aromatic heterocycles. The fourth-order valence-corrected chi connectivity index (χ4v) is 2.83. The molecule has 0 saturated heterocycles. The molecule has 0 bridgehead atoms. The van der Waals surface area contributed by atoms with E-state index in [1.54, 1.807) is 0 Å². The number of rotatable bonds is 3. The van der Waals surface area contributed by atoms with Crippen LogP contribution < -0.4 is 5.32 Å². The Hall–Kier alpha value is -0.830. The summed E-state index contributed by atoms with van der Waals surface area (Å²) in [4.78, 5) is 12.5. The molecule has 1 N–H and O–H groups in total. The Labute approximate surface area is 94.7 Å². The average Bonchev–Trinajstić information content (AvgIpc) is 2.85. The van der Waals surface area contributed by atoms with Crippen LogP contribution in [0.1, 0.15) is 42.3 Å². The zero-order valence-corrected chi connectivity index (χ0v) is 9.90. The van der Waals surface area contributed by atoms with Crippen LogP contribution in [0.2, 0.25) is 0 Å².